The lowest BCUT2D eigenvalue weighted by atomic mass is 10.1. The van der Waals surface area contributed by atoms with E-state index in [1.54, 1.807) is 24.4 Å². The highest BCUT2D eigenvalue weighted by atomic mass is 16.1. The van der Waals surface area contributed by atoms with Crippen molar-refractivity contribution in [2.45, 2.75) is 0 Å². The van der Waals surface area contributed by atoms with Crippen molar-refractivity contribution < 1.29 is 4.79 Å². The Balaban J connectivity index is 2.68. The number of nitrogens with one attached hydrogen (secondary N) is 1. The Bertz CT molecular complexity index is 587. The molecule has 0 amide bonds. The van der Waals surface area contributed by atoms with E-state index < -0.39 is 0 Å². The number of fused-ring (bicyclic) bond motifs is 1. The van der Waals surface area contributed by atoms with Gasteiger partial charge in [0, 0.05) is 22.7 Å². The molecule has 3 heteroatoms. The van der Waals surface area contributed by atoms with Crippen LogP contribution in [0, 0.1) is 11.3 Å². The van der Waals surface area contributed by atoms with Crippen LogP contribution in [-0.2, 0) is 0 Å². The summed E-state index contributed by atoms with van der Waals surface area (Å²) >= 11 is 0. The molecule has 2 aromatic rings. The van der Waals surface area contributed by atoms with Crippen LogP contribution >= 0.6 is 0 Å². The second kappa shape index (κ2) is 3.43. The SMILES string of the molecule is C=CC(=O)c1c[nH]c2cc(C#N)ccc12. The Morgan fingerprint density at radius 1 is 1.53 bits per heavy atom. The molecule has 1 aromatic carbocycles. The van der Waals surface area contributed by atoms with Gasteiger partial charge in [-0.1, -0.05) is 12.6 Å². The quantitative estimate of drug-likeness (QED) is 0.592. The van der Waals surface area contributed by atoms with Crippen LogP contribution in [0.15, 0.2) is 37.1 Å². The highest BCUT2D eigenvalue weighted by molar-refractivity contribution is 6.13. The molecule has 0 radical (unpaired) electrons. The number of hydrogen-bond acceptors (Lipinski definition) is 2. The fourth-order valence-corrected chi connectivity index (χ4v) is 1.51. The maximum Gasteiger partial charge on any atom is 0.187 e. The van der Waals surface area contributed by atoms with Crippen molar-refractivity contribution in [3.05, 3.63) is 48.2 Å². The molecule has 0 saturated carbocycles. The van der Waals surface area contributed by atoms with Crippen molar-refractivity contribution in [3.8, 4) is 6.07 Å². The Morgan fingerprint density at radius 3 is 3.00 bits per heavy atom. The maximum atomic E-state index is 11.4. The van der Waals surface area contributed by atoms with Crippen LogP contribution in [0.1, 0.15) is 15.9 Å². The first-order valence-corrected chi connectivity index (χ1v) is 4.44. The smallest absolute Gasteiger partial charge is 0.187 e. The summed E-state index contributed by atoms with van der Waals surface area (Å²) in [7, 11) is 0. The van der Waals surface area contributed by atoms with E-state index in [1.807, 2.05) is 6.07 Å². The average Bonchev–Trinajstić information content (AvgIpc) is 2.70. The van der Waals surface area contributed by atoms with Crippen molar-refractivity contribution in [2.75, 3.05) is 0 Å². The number of aromatic nitrogens is 1. The zero-order valence-electron chi connectivity index (χ0n) is 7.95. The van der Waals surface area contributed by atoms with E-state index >= 15 is 0 Å². The van der Waals surface area contributed by atoms with Crippen LogP contribution in [0.4, 0.5) is 0 Å². The lowest BCUT2D eigenvalue weighted by Gasteiger charge is -1.93. The van der Waals surface area contributed by atoms with Crippen LogP contribution in [0.25, 0.3) is 10.9 Å². The van der Waals surface area contributed by atoms with Gasteiger partial charge in [0.25, 0.3) is 0 Å². The third kappa shape index (κ3) is 1.42. The minimum atomic E-state index is -0.119. The van der Waals surface area contributed by atoms with E-state index in [-0.39, 0.29) is 5.78 Å². The van der Waals surface area contributed by atoms with Crippen molar-refractivity contribution in [2.24, 2.45) is 0 Å². The second-order valence-electron chi connectivity index (χ2n) is 3.14. The zero-order chi connectivity index (χ0) is 10.8. The summed E-state index contributed by atoms with van der Waals surface area (Å²) in [4.78, 5) is 14.4. The van der Waals surface area contributed by atoms with E-state index in [0.29, 0.717) is 11.1 Å². The third-order valence-corrected chi connectivity index (χ3v) is 2.26. The van der Waals surface area contributed by atoms with Crippen LogP contribution < -0.4 is 0 Å². The minimum Gasteiger partial charge on any atom is -0.360 e. The number of allylic oxidation sites excluding steroid dienone is 1. The Hall–Kier alpha value is -2.34. The summed E-state index contributed by atoms with van der Waals surface area (Å²) in [6, 6.07) is 7.22. The number of hydrogen-bond donors (Lipinski definition) is 1. The Labute approximate surface area is 86.6 Å². The van der Waals surface area contributed by atoms with E-state index in [0.717, 1.165) is 10.9 Å². The van der Waals surface area contributed by atoms with Crippen LogP contribution in [0.5, 0.6) is 0 Å². The molecule has 0 atom stereocenters. The van der Waals surface area contributed by atoms with Crippen molar-refractivity contribution in [3.63, 3.8) is 0 Å². The molecule has 1 aromatic heterocycles. The summed E-state index contributed by atoms with van der Waals surface area (Å²) in [5.74, 6) is -0.119. The van der Waals surface area contributed by atoms with Crippen LogP contribution in [0.3, 0.4) is 0 Å². The Morgan fingerprint density at radius 2 is 2.33 bits per heavy atom. The van der Waals surface area contributed by atoms with Crippen molar-refractivity contribution in [1.29, 1.82) is 5.26 Å². The van der Waals surface area contributed by atoms with Crippen molar-refractivity contribution >= 4 is 16.7 Å². The number of nitrogens with zero attached hydrogens (tertiary/aromatic N) is 1. The van der Waals surface area contributed by atoms with E-state index in [1.165, 1.54) is 6.08 Å². The highest BCUT2D eigenvalue weighted by Gasteiger charge is 2.08. The summed E-state index contributed by atoms with van der Waals surface area (Å²) in [6.07, 6.45) is 2.91. The maximum absolute atomic E-state index is 11.4. The monoisotopic (exact) mass is 196 g/mol. The average molecular weight is 196 g/mol. The summed E-state index contributed by atoms with van der Waals surface area (Å²) in [5, 5.41) is 9.53. The van der Waals surface area contributed by atoms with Gasteiger partial charge in [-0.15, -0.1) is 0 Å². The molecular weight excluding hydrogens is 188 g/mol. The molecule has 0 saturated heterocycles. The molecule has 0 aliphatic carbocycles. The van der Waals surface area contributed by atoms with Gasteiger partial charge in [-0.05, 0) is 18.2 Å². The number of ketones is 1. The van der Waals surface area contributed by atoms with Gasteiger partial charge in [0.15, 0.2) is 5.78 Å². The van der Waals surface area contributed by atoms with E-state index in [4.69, 9.17) is 5.26 Å². The van der Waals surface area contributed by atoms with E-state index in [9.17, 15) is 4.79 Å². The standard InChI is InChI=1S/C12H8N2O/c1-2-12(15)10-7-14-11-5-8(6-13)3-4-9(10)11/h2-5,7,14H,1H2. The van der Waals surface area contributed by atoms with Gasteiger partial charge in [0.1, 0.15) is 0 Å². The van der Waals surface area contributed by atoms with Gasteiger partial charge < -0.3 is 4.98 Å². The second-order valence-corrected chi connectivity index (χ2v) is 3.14. The predicted molar refractivity (Wildman–Crippen MR) is 57.5 cm³/mol. The van der Waals surface area contributed by atoms with Crippen molar-refractivity contribution in [1.82, 2.24) is 4.98 Å². The number of rotatable bonds is 2. The number of H-pyrrole nitrogens is 1. The molecule has 2 rings (SSSR count). The number of carbonyl (C=O) groups is 1. The number of carbonyl (C=O) groups excluding carboxylic acids is 1. The fourth-order valence-electron chi connectivity index (χ4n) is 1.51. The lowest BCUT2D eigenvalue weighted by Crippen LogP contribution is -1.90. The largest absolute Gasteiger partial charge is 0.360 e. The van der Waals surface area contributed by atoms with Gasteiger partial charge >= 0.3 is 0 Å². The Kier molecular flexibility index (Phi) is 2.11. The molecule has 1 N–H and O–H groups in total. The topological polar surface area (TPSA) is 56.6 Å². The summed E-state index contributed by atoms with van der Waals surface area (Å²) < 4.78 is 0. The highest BCUT2D eigenvalue weighted by Crippen LogP contribution is 2.20. The first kappa shape index (κ1) is 9.22. The number of nitriles is 1. The third-order valence-electron chi connectivity index (χ3n) is 2.26. The first-order chi connectivity index (χ1) is 7.26. The molecule has 0 unspecified atom stereocenters. The van der Waals surface area contributed by atoms with Crippen LogP contribution in [-0.4, -0.2) is 10.8 Å². The molecule has 0 aliphatic heterocycles. The van der Waals surface area contributed by atoms with E-state index in [2.05, 4.69) is 11.6 Å². The summed E-state index contributed by atoms with van der Waals surface area (Å²) in [5.41, 5.74) is 1.95. The normalized spacial score (nSPS) is 9.80. The molecule has 0 aliphatic rings. The predicted octanol–water partition coefficient (Wildman–Crippen LogP) is 2.41. The molecule has 1 heterocycles. The van der Waals surface area contributed by atoms with Gasteiger partial charge in [-0.2, -0.15) is 5.26 Å². The lowest BCUT2D eigenvalue weighted by molar-refractivity contribution is 0.104. The van der Waals surface area contributed by atoms with Gasteiger partial charge in [0.05, 0.1) is 11.6 Å². The van der Waals surface area contributed by atoms with Gasteiger partial charge in [0.2, 0.25) is 0 Å². The number of benzene rings is 1. The molecule has 15 heavy (non-hydrogen) atoms. The molecule has 72 valence electrons. The fraction of sp³-hybridized carbons (Fsp3) is 0. The molecule has 0 fully saturated rings. The molecule has 3 nitrogen and oxygen atoms in total. The molecular formula is C12H8N2O. The summed E-state index contributed by atoms with van der Waals surface area (Å²) in [6.45, 7) is 3.44. The zero-order valence-corrected chi connectivity index (χ0v) is 7.95. The van der Waals surface area contributed by atoms with Crippen LogP contribution in [0.2, 0.25) is 0 Å². The van der Waals surface area contributed by atoms with Gasteiger partial charge in [-0.3, -0.25) is 4.79 Å². The molecule has 0 spiro atoms. The first-order valence-electron chi connectivity index (χ1n) is 4.44. The minimum absolute atomic E-state index is 0.119. The van der Waals surface area contributed by atoms with Gasteiger partial charge in [-0.25, -0.2) is 0 Å². The molecule has 0 bridgehead atoms. The number of aromatic amines is 1.